The summed E-state index contributed by atoms with van der Waals surface area (Å²) in [5, 5.41) is 9.62. The molecule has 1 aromatic heterocycles. The monoisotopic (exact) mass is 302 g/mol. The van der Waals surface area contributed by atoms with Crippen LogP contribution in [0.3, 0.4) is 0 Å². The molecule has 0 saturated heterocycles. The maximum atomic E-state index is 11.8. The molecule has 5 heteroatoms. The Balaban J connectivity index is 2.51. The smallest absolute Gasteiger partial charge is 0.266 e. The zero-order valence-electron chi connectivity index (χ0n) is 11.9. The maximum Gasteiger partial charge on any atom is 0.266 e. The second-order valence-corrected chi connectivity index (χ2v) is 5.08. The minimum Gasteiger partial charge on any atom is -0.492 e. The molecule has 0 unspecified atom stereocenters. The van der Waals surface area contributed by atoms with Crippen molar-refractivity contribution >= 4 is 11.6 Å². The highest BCUT2D eigenvalue weighted by molar-refractivity contribution is 6.32. The normalized spacial score (nSPS) is 10.2. The van der Waals surface area contributed by atoms with Gasteiger partial charge in [-0.3, -0.25) is 4.79 Å². The summed E-state index contributed by atoms with van der Waals surface area (Å²) in [7, 11) is 0. The molecule has 0 spiro atoms. The Bertz CT molecular complexity index is 760. The Morgan fingerprint density at radius 2 is 2.14 bits per heavy atom. The van der Waals surface area contributed by atoms with Gasteiger partial charge in [0.15, 0.2) is 0 Å². The Labute approximate surface area is 128 Å². The summed E-state index contributed by atoms with van der Waals surface area (Å²) in [6.07, 6.45) is 0.893. The van der Waals surface area contributed by atoms with Gasteiger partial charge >= 0.3 is 0 Å². The van der Waals surface area contributed by atoms with Crippen LogP contribution in [0.4, 0.5) is 0 Å². The molecule has 4 nitrogen and oxygen atoms in total. The van der Waals surface area contributed by atoms with Gasteiger partial charge in [0, 0.05) is 11.3 Å². The Morgan fingerprint density at radius 1 is 1.38 bits per heavy atom. The van der Waals surface area contributed by atoms with E-state index in [1.54, 1.807) is 31.2 Å². The van der Waals surface area contributed by atoms with Crippen LogP contribution in [0, 0.1) is 18.3 Å². The van der Waals surface area contributed by atoms with E-state index >= 15 is 0 Å². The predicted molar refractivity (Wildman–Crippen MR) is 82.7 cm³/mol. The van der Waals surface area contributed by atoms with Gasteiger partial charge in [0.2, 0.25) is 0 Å². The highest BCUT2D eigenvalue weighted by Crippen LogP contribution is 2.31. The van der Waals surface area contributed by atoms with Gasteiger partial charge in [-0.15, -0.1) is 0 Å². The number of aryl methyl sites for hydroxylation is 1. The quantitative estimate of drug-likeness (QED) is 0.937. The molecule has 1 aromatic carbocycles. The van der Waals surface area contributed by atoms with Crippen molar-refractivity contribution in [3.8, 4) is 22.9 Å². The van der Waals surface area contributed by atoms with Crippen LogP contribution in [-0.2, 0) is 0 Å². The van der Waals surface area contributed by atoms with E-state index < -0.39 is 5.56 Å². The average Bonchev–Trinajstić information content (AvgIpc) is 2.45. The van der Waals surface area contributed by atoms with Crippen molar-refractivity contribution in [2.24, 2.45) is 0 Å². The van der Waals surface area contributed by atoms with E-state index in [4.69, 9.17) is 21.6 Å². The van der Waals surface area contributed by atoms with E-state index in [0.717, 1.165) is 12.0 Å². The van der Waals surface area contributed by atoms with Gasteiger partial charge in [-0.05, 0) is 37.1 Å². The first-order valence-electron chi connectivity index (χ1n) is 6.63. The molecule has 0 bridgehead atoms. The first-order chi connectivity index (χ1) is 10.1. The second kappa shape index (κ2) is 6.47. The number of ether oxygens (including phenoxy) is 1. The molecule has 0 radical (unpaired) electrons. The van der Waals surface area contributed by atoms with Crippen LogP contribution in [0.5, 0.6) is 5.75 Å². The zero-order valence-corrected chi connectivity index (χ0v) is 12.6. The fourth-order valence-electron chi connectivity index (χ4n) is 2.02. The topological polar surface area (TPSA) is 65.9 Å². The lowest BCUT2D eigenvalue weighted by atomic mass is 10.0. The third-order valence-electron chi connectivity index (χ3n) is 2.98. The molecule has 0 saturated carbocycles. The van der Waals surface area contributed by atoms with Gasteiger partial charge in [0.25, 0.3) is 5.56 Å². The number of hydrogen-bond donors (Lipinski definition) is 1. The van der Waals surface area contributed by atoms with Gasteiger partial charge in [0.05, 0.1) is 11.6 Å². The van der Waals surface area contributed by atoms with E-state index in [-0.39, 0.29) is 5.56 Å². The van der Waals surface area contributed by atoms with Gasteiger partial charge in [-0.2, -0.15) is 5.26 Å². The van der Waals surface area contributed by atoms with Crippen molar-refractivity contribution < 1.29 is 4.74 Å². The molecular formula is C16H15ClN2O2. The number of nitrogens with one attached hydrogen (secondary N) is 1. The first kappa shape index (κ1) is 15.1. The third-order valence-corrected chi connectivity index (χ3v) is 3.28. The number of rotatable bonds is 4. The van der Waals surface area contributed by atoms with Crippen molar-refractivity contribution in [1.29, 1.82) is 5.26 Å². The molecule has 0 aliphatic rings. The molecule has 0 amide bonds. The number of halogens is 1. The minimum absolute atomic E-state index is 0.0823. The number of benzene rings is 1. The molecule has 1 heterocycles. The number of H-pyrrole nitrogens is 1. The van der Waals surface area contributed by atoms with Crippen molar-refractivity contribution in [2.75, 3.05) is 6.61 Å². The van der Waals surface area contributed by atoms with Crippen LogP contribution >= 0.6 is 11.6 Å². The molecule has 0 aliphatic carbocycles. The third kappa shape index (κ3) is 3.26. The molecule has 1 N–H and O–H groups in total. The maximum absolute atomic E-state index is 11.8. The lowest BCUT2D eigenvalue weighted by Gasteiger charge is -2.10. The van der Waals surface area contributed by atoms with Crippen molar-refractivity contribution in [2.45, 2.75) is 20.3 Å². The van der Waals surface area contributed by atoms with Gasteiger partial charge < -0.3 is 9.72 Å². The van der Waals surface area contributed by atoms with Crippen molar-refractivity contribution in [1.82, 2.24) is 4.98 Å². The summed E-state index contributed by atoms with van der Waals surface area (Å²) in [6.45, 7) is 4.37. The number of hydrogen-bond acceptors (Lipinski definition) is 3. The SMILES string of the molecule is CCCOc1ccc(-c2cc(C)[nH]c(=O)c2C#N)cc1Cl. The minimum atomic E-state index is -0.394. The van der Waals surface area contributed by atoms with Crippen LogP contribution in [0.1, 0.15) is 24.6 Å². The molecule has 0 atom stereocenters. The molecule has 2 aromatic rings. The Kier molecular flexibility index (Phi) is 4.66. The number of nitriles is 1. The fraction of sp³-hybridized carbons (Fsp3) is 0.250. The average molecular weight is 303 g/mol. The largest absolute Gasteiger partial charge is 0.492 e. The number of pyridine rings is 1. The van der Waals surface area contributed by atoms with E-state index in [1.165, 1.54) is 0 Å². The van der Waals surface area contributed by atoms with Gasteiger partial charge in [0.1, 0.15) is 17.4 Å². The molecule has 21 heavy (non-hydrogen) atoms. The summed E-state index contributed by atoms with van der Waals surface area (Å²) in [6, 6.07) is 8.96. The molecule has 2 rings (SSSR count). The number of aromatic amines is 1. The number of aromatic nitrogens is 1. The van der Waals surface area contributed by atoms with Crippen molar-refractivity contribution in [3.05, 3.63) is 50.9 Å². The lowest BCUT2D eigenvalue weighted by molar-refractivity contribution is 0.317. The van der Waals surface area contributed by atoms with Crippen LogP contribution in [-0.4, -0.2) is 11.6 Å². The van der Waals surface area contributed by atoms with Gasteiger partial charge in [-0.25, -0.2) is 0 Å². The van der Waals surface area contributed by atoms with Crippen LogP contribution < -0.4 is 10.3 Å². The van der Waals surface area contributed by atoms with Gasteiger partial charge in [-0.1, -0.05) is 24.6 Å². The summed E-state index contributed by atoms with van der Waals surface area (Å²) in [5.74, 6) is 0.599. The lowest BCUT2D eigenvalue weighted by Crippen LogP contribution is -2.12. The number of nitrogens with zero attached hydrogens (tertiary/aromatic N) is 1. The Morgan fingerprint density at radius 3 is 2.76 bits per heavy atom. The summed E-state index contributed by atoms with van der Waals surface area (Å²) < 4.78 is 5.52. The van der Waals surface area contributed by atoms with E-state index in [1.807, 2.05) is 13.0 Å². The molecule has 0 aliphatic heterocycles. The first-order valence-corrected chi connectivity index (χ1v) is 7.01. The fourth-order valence-corrected chi connectivity index (χ4v) is 2.26. The van der Waals surface area contributed by atoms with E-state index in [0.29, 0.717) is 28.6 Å². The van der Waals surface area contributed by atoms with Crippen LogP contribution in [0.25, 0.3) is 11.1 Å². The summed E-state index contributed by atoms with van der Waals surface area (Å²) in [5.41, 5.74) is 1.67. The summed E-state index contributed by atoms with van der Waals surface area (Å²) >= 11 is 6.20. The predicted octanol–water partition coefficient (Wildman–Crippen LogP) is 3.66. The zero-order chi connectivity index (χ0) is 15.4. The molecule has 108 valence electrons. The van der Waals surface area contributed by atoms with Crippen molar-refractivity contribution in [3.63, 3.8) is 0 Å². The highest BCUT2D eigenvalue weighted by atomic mass is 35.5. The standard InChI is InChI=1S/C16H15ClN2O2/c1-3-6-21-15-5-4-11(8-14(15)17)12-7-10(2)19-16(20)13(12)9-18/h4-5,7-8H,3,6H2,1-2H3,(H,19,20). The molecular weight excluding hydrogens is 288 g/mol. The molecule has 0 fully saturated rings. The van der Waals surface area contributed by atoms with E-state index in [2.05, 4.69) is 4.98 Å². The van der Waals surface area contributed by atoms with Crippen LogP contribution in [0.15, 0.2) is 29.1 Å². The second-order valence-electron chi connectivity index (χ2n) is 4.68. The van der Waals surface area contributed by atoms with E-state index in [9.17, 15) is 4.79 Å². The van der Waals surface area contributed by atoms with Crippen LogP contribution in [0.2, 0.25) is 5.02 Å². The Hall–Kier alpha value is -2.25. The summed E-state index contributed by atoms with van der Waals surface area (Å²) in [4.78, 5) is 14.4. The highest BCUT2D eigenvalue weighted by Gasteiger charge is 2.12.